The second-order valence-corrected chi connectivity index (χ2v) is 4.47. The second-order valence-electron chi connectivity index (χ2n) is 3.62. The fourth-order valence-electron chi connectivity index (χ4n) is 1.53. The van der Waals surface area contributed by atoms with Gasteiger partial charge in [0.25, 0.3) is 0 Å². The van der Waals surface area contributed by atoms with Gasteiger partial charge in [-0.25, -0.2) is 0 Å². The molecule has 0 saturated heterocycles. The number of hydrogen-bond donors (Lipinski definition) is 0. The standard InChI is InChI=1S/C13H17BrO3/c1-3-17-13(15)6-4-5-10-9-11(16-2)7-8-12(10)14/h7-9H,3-6H2,1-2H3. The molecule has 0 spiro atoms. The number of aryl methyl sites for hydroxylation is 1. The van der Waals surface area contributed by atoms with Crippen molar-refractivity contribution in [1.29, 1.82) is 0 Å². The van der Waals surface area contributed by atoms with Crippen molar-refractivity contribution in [1.82, 2.24) is 0 Å². The van der Waals surface area contributed by atoms with Crippen molar-refractivity contribution >= 4 is 21.9 Å². The summed E-state index contributed by atoms with van der Waals surface area (Å²) in [6.45, 7) is 2.26. The highest BCUT2D eigenvalue weighted by molar-refractivity contribution is 9.10. The molecule has 0 fully saturated rings. The van der Waals surface area contributed by atoms with Crippen LogP contribution in [0.5, 0.6) is 5.75 Å². The van der Waals surface area contributed by atoms with Gasteiger partial charge >= 0.3 is 5.97 Å². The van der Waals surface area contributed by atoms with Crippen LogP contribution in [-0.2, 0) is 16.0 Å². The predicted molar refractivity (Wildman–Crippen MR) is 70.3 cm³/mol. The second kappa shape index (κ2) is 7.33. The van der Waals surface area contributed by atoms with Crippen LogP contribution in [-0.4, -0.2) is 19.7 Å². The van der Waals surface area contributed by atoms with E-state index in [-0.39, 0.29) is 5.97 Å². The quantitative estimate of drug-likeness (QED) is 0.756. The van der Waals surface area contributed by atoms with Gasteiger partial charge in [0.2, 0.25) is 0 Å². The Morgan fingerprint density at radius 1 is 1.41 bits per heavy atom. The Morgan fingerprint density at radius 2 is 2.18 bits per heavy atom. The summed E-state index contributed by atoms with van der Waals surface area (Å²) in [5.74, 6) is 0.700. The molecule has 94 valence electrons. The Labute approximate surface area is 110 Å². The first kappa shape index (κ1) is 14.0. The molecule has 4 heteroatoms. The van der Waals surface area contributed by atoms with Crippen LogP contribution in [0.2, 0.25) is 0 Å². The number of rotatable bonds is 6. The van der Waals surface area contributed by atoms with Gasteiger partial charge in [0, 0.05) is 10.9 Å². The minimum Gasteiger partial charge on any atom is -0.497 e. The van der Waals surface area contributed by atoms with E-state index in [1.807, 2.05) is 25.1 Å². The van der Waals surface area contributed by atoms with Crippen molar-refractivity contribution in [3.63, 3.8) is 0 Å². The van der Waals surface area contributed by atoms with Gasteiger partial charge in [-0.15, -0.1) is 0 Å². The molecule has 1 aromatic rings. The molecule has 0 N–H and O–H groups in total. The minimum absolute atomic E-state index is 0.133. The molecule has 17 heavy (non-hydrogen) atoms. The number of carbonyl (C=O) groups excluding carboxylic acids is 1. The van der Waals surface area contributed by atoms with E-state index in [1.165, 1.54) is 0 Å². The molecule has 0 unspecified atom stereocenters. The normalized spacial score (nSPS) is 10.1. The molecule has 0 atom stereocenters. The molecular weight excluding hydrogens is 284 g/mol. The Hall–Kier alpha value is -1.03. The van der Waals surface area contributed by atoms with Crippen molar-refractivity contribution in [3.8, 4) is 5.75 Å². The number of methoxy groups -OCH3 is 1. The predicted octanol–water partition coefficient (Wildman–Crippen LogP) is 3.34. The zero-order valence-electron chi connectivity index (χ0n) is 10.2. The summed E-state index contributed by atoms with van der Waals surface area (Å²) in [4.78, 5) is 11.2. The van der Waals surface area contributed by atoms with E-state index < -0.39 is 0 Å². The third kappa shape index (κ3) is 4.77. The molecular formula is C13H17BrO3. The number of ether oxygens (including phenoxy) is 2. The molecule has 0 aromatic heterocycles. The largest absolute Gasteiger partial charge is 0.497 e. The van der Waals surface area contributed by atoms with Gasteiger partial charge in [-0.3, -0.25) is 4.79 Å². The lowest BCUT2D eigenvalue weighted by molar-refractivity contribution is -0.143. The number of halogens is 1. The lowest BCUT2D eigenvalue weighted by atomic mass is 10.1. The first-order chi connectivity index (χ1) is 8.17. The van der Waals surface area contributed by atoms with Crippen molar-refractivity contribution in [3.05, 3.63) is 28.2 Å². The average molecular weight is 301 g/mol. The van der Waals surface area contributed by atoms with E-state index in [9.17, 15) is 4.79 Å². The molecule has 1 rings (SSSR count). The van der Waals surface area contributed by atoms with Gasteiger partial charge < -0.3 is 9.47 Å². The zero-order chi connectivity index (χ0) is 12.7. The Balaban J connectivity index is 2.48. The summed E-state index contributed by atoms with van der Waals surface area (Å²) in [6.07, 6.45) is 2.07. The molecule has 3 nitrogen and oxygen atoms in total. The van der Waals surface area contributed by atoms with Gasteiger partial charge in [-0.2, -0.15) is 0 Å². The van der Waals surface area contributed by atoms with E-state index in [1.54, 1.807) is 7.11 Å². The monoisotopic (exact) mass is 300 g/mol. The number of esters is 1. The van der Waals surface area contributed by atoms with Gasteiger partial charge in [0.1, 0.15) is 5.75 Å². The maximum Gasteiger partial charge on any atom is 0.305 e. The van der Waals surface area contributed by atoms with Crippen LogP contribution >= 0.6 is 15.9 Å². The van der Waals surface area contributed by atoms with Crippen LogP contribution in [0.15, 0.2) is 22.7 Å². The Kier molecular flexibility index (Phi) is 6.05. The Morgan fingerprint density at radius 3 is 2.82 bits per heavy atom. The van der Waals surface area contributed by atoms with E-state index in [0.29, 0.717) is 13.0 Å². The van der Waals surface area contributed by atoms with Gasteiger partial charge in [-0.05, 0) is 43.5 Å². The number of hydrogen-bond acceptors (Lipinski definition) is 3. The van der Waals surface area contributed by atoms with Gasteiger partial charge in [-0.1, -0.05) is 15.9 Å². The van der Waals surface area contributed by atoms with Crippen LogP contribution in [0.25, 0.3) is 0 Å². The highest BCUT2D eigenvalue weighted by atomic mass is 79.9. The van der Waals surface area contributed by atoms with Gasteiger partial charge in [0.15, 0.2) is 0 Å². The first-order valence-electron chi connectivity index (χ1n) is 5.65. The van der Waals surface area contributed by atoms with Crippen LogP contribution < -0.4 is 4.74 Å². The SMILES string of the molecule is CCOC(=O)CCCc1cc(OC)ccc1Br. The average Bonchev–Trinajstić information content (AvgIpc) is 2.32. The summed E-state index contributed by atoms with van der Waals surface area (Å²) >= 11 is 3.49. The third-order valence-corrected chi connectivity index (χ3v) is 3.16. The van der Waals surface area contributed by atoms with Crippen LogP contribution in [0, 0.1) is 0 Å². The minimum atomic E-state index is -0.133. The summed E-state index contributed by atoms with van der Waals surface area (Å²) < 4.78 is 11.1. The topological polar surface area (TPSA) is 35.5 Å². The van der Waals surface area contributed by atoms with Crippen molar-refractivity contribution in [2.45, 2.75) is 26.2 Å². The zero-order valence-corrected chi connectivity index (χ0v) is 11.7. The van der Waals surface area contributed by atoms with E-state index in [4.69, 9.17) is 9.47 Å². The number of carbonyl (C=O) groups is 1. The summed E-state index contributed by atoms with van der Waals surface area (Å²) in [6, 6.07) is 5.84. The number of benzene rings is 1. The molecule has 0 radical (unpaired) electrons. The van der Waals surface area contributed by atoms with E-state index in [2.05, 4.69) is 15.9 Å². The first-order valence-corrected chi connectivity index (χ1v) is 6.44. The molecule has 0 bridgehead atoms. The summed E-state index contributed by atoms with van der Waals surface area (Å²) in [7, 11) is 1.64. The van der Waals surface area contributed by atoms with Crippen LogP contribution in [0.3, 0.4) is 0 Å². The molecule has 0 aliphatic carbocycles. The fourth-order valence-corrected chi connectivity index (χ4v) is 1.97. The van der Waals surface area contributed by atoms with E-state index in [0.717, 1.165) is 28.6 Å². The molecule has 0 heterocycles. The summed E-state index contributed by atoms with van der Waals surface area (Å²) in [5, 5.41) is 0. The molecule has 0 saturated carbocycles. The third-order valence-electron chi connectivity index (χ3n) is 2.39. The van der Waals surface area contributed by atoms with E-state index >= 15 is 0 Å². The van der Waals surface area contributed by atoms with Gasteiger partial charge in [0.05, 0.1) is 13.7 Å². The highest BCUT2D eigenvalue weighted by Gasteiger charge is 2.05. The summed E-state index contributed by atoms with van der Waals surface area (Å²) in [5.41, 5.74) is 1.15. The van der Waals surface area contributed by atoms with Crippen molar-refractivity contribution in [2.75, 3.05) is 13.7 Å². The maximum absolute atomic E-state index is 11.2. The Bertz CT molecular complexity index is 377. The highest BCUT2D eigenvalue weighted by Crippen LogP contribution is 2.23. The molecule has 0 aliphatic heterocycles. The lowest BCUT2D eigenvalue weighted by Crippen LogP contribution is -2.04. The van der Waals surface area contributed by atoms with Crippen molar-refractivity contribution < 1.29 is 14.3 Å². The van der Waals surface area contributed by atoms with Crippen LogP contribution in [0.1, 0.15) is 25.3 Å². The van der Waals surface area contributed by atoms with Crippen LogP contribution in [0.4, 0.5) is 0 Å². The fraction of sp³-hybridized carbons (Fsp3) is 0.462. The van der Waals surface area contributed by atoms with Crippen molar-refractivity contribution in [2.24, 2.45) is 0 Å². The lowest BCUT2D eigenvalue weighted by Gasteiger charge is -2.07. The molecule has 0 amide bonds. The maximum atomic E-state index is 11.2. The smallest absolute Gasteiger partial charge is 0.305 e. The molecule has 0 aliphatic rings. The molecule has 1 aromatic carbocycles.